The van der Waals surface area contributed by atoms with E-state index in [9.17, 15) is 14.4 Å². The highest BCUT2D eigenvalue weighted by Crippen LogP contribution is 2.24. The molecule has 0 radical (unpaired) electrons. The van der Waals surface area contributed by atoms with Crippen molar-refractivity contribution in [1.29, 1.82) is 0 Å². The van der Waals surface area contributed by atoms with E-state index in [0.717, 1.165) is 24.0 Å². The normalized spacial score (nSPS) is 13.4. The third kappa shape index (κ3) is 5.24. The number of carbonyl (C=O) groups is 3. The van der Waals surface area contributed by atoms with Crippen LogP contribution in [0.3, 0.4) is 0 Å². The Kier molecular flexibility index (Phi) is 6.70. The van der Waals surface area contributed by atoms with Gasteiger partial charge in [-0.25, -0.2) is 0 Å². The zero-order valence-electron chi connectivity index (χ0n) is 16.8. The SMILES string of the molecule is Cc1ccc(C(=O)CCC(=O)Nc2ccc(Cl)cc2C(=O)N2CCCC2)cc1C. The van der Waals surface area contributed by atoms with Crippen LogP contribution in [0.2, 0.25) is 5.02 Å². The van der Waals surface area contributed by atoms with Crippen LogP contribution in [0.15, 0.2) is 36.4 Å². The summed E-state index contributed by atoms with van der Waals surface area (Å²) >= 11 is 6.07. The predicted molar refractivity (Wildman–Crippen MR) is 115 cm³/mol. The summed E-state index contributed by atoms with van der Waals surface area (Å²) in [6, 6.07) is 10.4. The van der Waals surface area contributed by atoms with Gasteiger partial charge in [0.05, 0.1) is 11.3 Å². The topological polar surface area (TPSA) is 66.5 Å². The van der Waals surface area contributed by atoms with Crippen molar-refractivity contribution < 1.29 is 14.4 Å². The smallest absolute Gasteiger partial charge is 0.256 e. The molecule has 0 atom stereocenters. The van der Waals surface area contributed by atoms with E-state index in [1.165, 1.54) is 0 Å². The van der Waals surface area contributed by atoms with Gasteiger partial charge in [0.25, 0.3) is 5.91 Å². The summed E-state index contributed by atoms with van der Waals surface area (Å²) in [6.45, 7) is 5.37. The van der Waals surface area contributed by atoms with Crippen molar-refractivity contribution >= 4 is 34.9 Å². The Morgan fingerprint density at radius 2 is 1.69 bits per heavy atom. The third-order valence-corrected chi connectivity index (χ3v) is 5.52. The number of rotatable bonds is 6. The summed E-state index contributed by atoms with van der Waals surface area (Å²) in [5.74, 6) is -0.515. The first kappa shape index (κ1) is 21.1. The molecule has 3 rings (SSSR count). The molecule has 1 aliphatic rings. The number of nitrogens with one attached hydrogen (secondary N) is 1. The molecule has 1 fully saturated rings. The zero-order valence-corrected chi connectivity index (χ0v) is 17.5. The summed E-state index contributed by atoms with van der Waals surface area (Å²) in [5.41, 5.74) is 3.59. The van der Waals surface area contributed by atoms with E-state index < -0.39 is 0 Å². The molecule has 1 N–H and O–H groups in total. The van der Waals surface area contributed by atoms with E-state index in [-0.39, 0.29) is 30.4 Å². The minimum absolute atomic E-state index is 0.0473. The minimum Gasteiger partial charge on any atom is -0.339 e. The highest BCUT2D eigenvalue weighted by Gasteiger charge is 2.23. The molecule has 2 amide bonds. The fraction of sp³-hybridized carbons (Fsp3) is 0.348. The fourth-order valence-corrected chi connectivity index (χ4v) is 3.56. The number of amides is 2. The van der Waals surface area contributed by atoms with E-state index >= 15 is 0 Å². The minimum atomic E-state index is -0.306. The van der Waals surface area contributed by atoms with Crippen LogP contribution >= 0.6 is 11.6 Å². The number of nitrogens with zero attached hydrogens (tertiary/aromatic N) is 1. The van der Waals surface area contributed by atoms with E-state index in [0.29, 0.717) is 34.9 Å². The molecule has 0 spiro atoms. The number of Topliss-reactive ketones (excluding diaryl/α,β-unsaturated/α-hetero) is 1. The van der Waals surface area contributed by atoms with Gasteiger partial charge in [0, 0.05) is 36.5 Å². The van der Waals surface area contributed by atoms with E-state index in [2.05, 4.69) is 5.32 Å². The molecule has 5 nitrogen and oxygen atoms in total. The summed E-state index contributed by atoms with van der Waals surface area (Å²) in [7, 11) is 0. The monoisotopic (exact) mass is 412 g/mol. The Labute approximate surface area is 176 Å². The van der Waals surface area contributed by atoms with Gasteiger partial charge >= 0.3 is 0 Å². The van der Waals surface area contributed by atoms with Crippen molar-refractivity contribution in [2.24, 2.45) is 0 Å². The summed E-state index contributed by atoms with van der Waals surface area (Å²) < 4.78 is 0. The molecule has 1 aliphatic heterocycles. The van der Waals surface area contributed by atoms with E-state index in [4.69, 9.17) is 11.6 Å². The number of hydrogen-bond donors (Lipinski definition) is 1. The van der Waals surface area contributed by atoms with E-state index in [1.54, 1.807) is 29.2 Å². The van der Waals surface area contributed by atoms with Crippen LogP contribution < -0.4 is 5.32 Å². The van der Waals surface area contributed by atoms with Crippen LogP contribution in [0, 0.1) is 13.8 Å². The highest BCUT2D eigenvalue weighted by molar-refractivity contribution is 6.31. The van der Waals surface area contributed by atoms with Crippen molar-refractivity contribution in [3.05, 3.63) is 63.7 Å². The van der Waals surface area contributed by atoms with E-state index in [1.807, 2.05) is 26.0 Å². The summed E-state index contributed by atoms with van der Waals surface area (Å²) in [4.78, 5) is 39.4. The number of ketones is 1. The Bertz CT molecular complexity index is 949. The lowest BCUT2D eigenvalue weighted by molar-refractivity contribution is -0.116. The molecule has 0 saturated carbocycles. The molecule has 152 valence electrons. The highest BCUT2D eigenvalue weighted by atomic mass is 35.5. The average molecular weight is 413 g/mol. The van der Waals surface area contributed by atoms with Gasteiger partial charge in [-0.3, -0.25) is 14.4 Å². The van der Waals surface area contributed by atoms with Crippen LogP contribution in [0.5, 0.6) is 0 Å². The van der Waals surface area contributed by atoms with Gasteiger partial charge in [0.1, 0.15) is 0 Å². The van der Waals surface area contributed by atoms with Crippen LogP contribution in [0.25, 0.3) is 0 Å². The maximum absolute atomic E-state index is 12.8. The molecular formula is C23H25ClN2O3. The Hall–Kier alpha value is -2.66. The number of hydrogen-bond acceptors (Lipinski definition) is 3. The number of aryl methyl sites for hydroxylation is 2. The average Bonchev–Trinajstić information content (AvgIpc) is 3.24. The van der Waals surface area contributed by atoms with Gasteiger partial charge in [-0.1, -0.05) is 23.7 Å². The van der Waals surface area contributed by atoms with Crippen molar-refractivity contribution in [3.8, 4) is 0 Å². The van der Waals surface area contributed by atoms with Gasteiger partial charge in [-0.15, -0.1) is 0 Å². The first-order valence-corrected chi connectivity index (χ1v) is 10.2. The van der Waals surface area contributed by atoms with Gasteiger partial charge in [0.15, 0.2) is 5.78 Å². The molecule has 1 heterocycles. The number of anilines is 1. The second-order valence-corrected chi connectivity index (χ2v) is 7.90. The maximum atomic E-state index is 12.8. The van der Waals surface area contributed by atoms with Crippen LogP contribution in [-0.2, 0) is 4.79 Å². The lowest BCUT2D eigenvalue weighted by Gasteiger charge is -2.18. The number of halogens is 1. The van der Waals surface area contributed by atoms with Crippen LogP contribution in [-0.4, -0.2) is 35.6 Å². The molecule has 0 bridgehead atoms. The molecule has 2 aromatic carbocycles. The molecule has 2 aromatic rings. The Morgan fingerprint density at radius 3 is 2.38 bits per heavy atom. The fourth-order valence-electron chi connectivity index (χ4n) is 3.39. The quantitative estimate of drug-likeness (QED) is 0.693. The van der Waals surface area contributed by atoms with Crippen LogP contribution in [0.1, 0.15) is 57.5 Å². The van der Waals surface area contributed by atoms with Crippen molar-refractivity contribution in [1.82, 2.24) is 4.90 Å². The molecule has 0 unspecified atom stereocenters. The molecule has 1 saturated heterocycles. The maximum Gasteiger partial charge on any atom is 0.256 e. The standard InChI is InChI=1S/C23H25ClN2O3/c1-15-5-6-17(13-16(15)2)21(27)9-10-22(28)25-20-8-7-18(24)14-19(20)23(29)26-11-3-4-12-26/h5-8,13-14H,3-4,9-12H2,1-2H3,(H,25,28). The van der Waals surface area contributed by atoms with Crippen molar-refractivity contribution in [2.45, 2.75) is 39.5 Å². The predicted octanol–water partition coefficient (Wildman–Crippen LogP) is 4.79. The first-order valence-electron chi connectivity index (χ1n) is 9.84. The zero-order chi connectivity index (χ0) is 21.0. The second kappa shape index (κ2) is 9.23. The van der Waals surface area contributed by atoms with Crippen molar-refractivity contribution in [2.75, 3.05) is 18.4 Å². The Balaban J connectivity index is 1.65. The second-order valence-electron chi connectivity index (χ2n) is 7.46. The third-order valence-electron chi connectivity index (χ3n) is 5.29. The number of benzene rings is 2. The van der Waals surface area contributed by atoms with Gasteiger partial charge in [0.2, 0.25) is 5.91 Å². The van der Waals surface area contributed by atoms with Gasteiger partial charge < -0.3 is 10.2 Å². The molecule has 29 heavy (non-hydrogen) atoms. The number of carbonyl (C=O) groups excluding carboxylic acids is 3. The Morgan fingerprint density at radius 1 is 0.966 bits per heavy atom. The molecule has 0 aromatic heterocycles. The molecular weight excluding hydrogens is 388 g/mol. The summed E-state index contributed by atoms with van der Waals surface area (Å²) in [6.07, 6.45) is 2.12. The first-order chi connectivity index (χ1) is 13.8. The largest absolute Gasteiger partial charge is 0.339 e. The molecule has 0 aliphatic carbocycles. The number of likely N-dealkylation sites (tertiary alicyclic amines) is 1. The molecule has 6 heteroatoms. The lowest BCUT2D eigenvalue weighted by Crippen LogP contribution is -2.29. The van der Waals surface area contributed by atoms with Crippen LogP contribution in [0.4, 0.5) is 5.69 Å². The van der Waals surface area contributed by atoms with Gasteiger partial charge in [-0.2, -0.15) is 0 Å². The lowest BCUT2D eigenvalue weighted by atomic mass is 10.0. The summed E-state index contributed by atoms with van der Waals surface area (Å²) in [5, 5.41) is 3.21. The van der Waals surface area contributed by atoms with Gasteiger partial charge in [-0.05, 0) is 62.1 Å². The van der Waals surface area contributed by atoms with Crippen molar-refractivity contribution in [3.63, 3.8) is 0 Å².